The number of nitriles is 1. The zero-order valence-corrected chi connectivity index (χ0v) is 18.6. The summed E-state index contributed by atoms with van der Waals surface area (Å²) in [6.45, 7) is 2.11. The molecule has 0 bridgehead atoms. The van der Waals surface area contributed by atoms with Crippen LogP contribution in [-0.2, 0) is 11.3 Å². The van der Waals surface area contributed by atoms with E-state index in [1.165, 1.54) is 0 Å². The Balaban J connectivity index is 1.54. The molecule has 0 saturated heterocycles. The molecule has 0 N–H and O–H groups in total. The Bertz CT molecular complexity index is 1260. The van der Waals surface area contributed by atoms with Gasteiger partial charge in [-0.05, 0) is 43.3 Å². The predicted octanol–water partition coefficient (Wildman–Crippen LogP) is 4.84. The molecule has 3 aromatic carbocycles. The largest absolute Gasteiger partial charge is 0.481 e. The highest BCUT2D eigenvalue weighted by Crippen LogP contribution is 2.25. The topological polar surface area (TPSA) is 71.2 Å². The number of aromatic nitrogens is 2. The Morgan fingerprint density at radius 3 is 2.30 bits per heavy atom. The molecule has 1 amide bonds. The maximum Gasteiger partial charge on any atom is 0.263 e. The van der Waals surface area contributed by atoms with E-state index in [1.807, 2.05) is 71.5 Å². The molecule has 6 heteroatoms. The Morgan fingerprint density at radius 2 is 1.67 bits per heavy atom. The maximum absolute atomic E-state index is 13.0. The van der Waals surface area contributed by atoms with Crippen molar-refractivity contribution >= 4 is 5.91 Å². The number of para-hydroxylation sites is 1. The molecule has 4 rings (SSSR count). The number of carbonyl (C=O) groups excluding carboxylic acids is 1. The van der Waals surface area contributed by atoms with Gasteiger partial charge in [-0.1, -0.05) is 48.5 Å². The summed E-state index contributed by atoms with van der Waals surface area (Å²) in [6.07, 6.45) is 1.29. The fraction of sp³-hybridized carbons (Fsp3) is 0.148. The highest BCUT2D eigenvalue weighted by molar-refractivity contribution is 5.81. The second-order valence-electron chi connectivity index (χ2n) is 7.74. The van der Waals surface area contributed by atoms with E-state index in [0.29, 0.717) is 17.9 Å². The third kappa shape index (κ3) is 5.10. The lowest BCUT2D eigenvalue weighted by molar-refractivity contribution is -0.137. The molecule has 0 fully saturated rings. The summed E-state index contributed by atoms with van der Waals surface area (Å²) in [7, 11) is 1.76. The van der Waals surface area contributed by atoms with Crippen LogP contribution in [0.15, 0.2) is 91.1 Å². The molecule has 4 aromatic rings. The van der Waals surface area contributed by atoms with Crippen LogP contribution in [0, 0.1) is 11.3 Å². The molecule has 0 spiro atoms. The molecule has 164 valence electrons. The van der Waals surface area contributed by atoms with E-state index < -0.39 is 6.10 Å². The van der Waals surface area contributed by atoms with Crippen molar-refractivity contribution in [2.24, 2.45) is 0 Å². The van der Waals surface area contributed by atoms with Gasteiger partial charge in [0.2, 0.25) is 0 Å². The molecule has 33 heavy (non-hydrogen) atoms. The van der Waals surface area contributed by atoms with Crippen LogP contribution in [-0.4, -0.2) is 33.7 Å². The van der Waals surface area contributed by atoms with Crippen molar-refractivity contribution in [3.8, 4) is 28.8 Å². The molecular formula is C27H24N4O2. The third-order valence-electron chi connectivity index (χ3n) is 5.29. The van der Waals surface area contributed by atoms with Crippen LogP contribution in [0.3, 0.4) is 0 Å². The van der Waals surface area contributed by atoms with Gasteiger partial charge in [-0.25, -0.2) is 4.68 Å². The van der Waals surface area contributed by atoms with Crippen LogP contribution < -0.4 is 4.74 Å². The molecule has 0 saturated carbocycles. The lowest BCUT2D eigenvalue weighted by Crippen LogP contribution is -2.37. The molecule has 1 heterocycles. The molecule has 0 aliphatic rings. The number of nitrogens with zero attached hydrogens (tertiary/aromatic N) is 4. The molecule has 0 aliphatic heterocycles. The summed E-state index contributed by atoms with van der Waals surface area (Å²) in [5.41, 5.74) is 4.26. The first-order chi connectivity index (χ1) is 16.0. The third-order valence-corrected chi connectivity index (χ3v) is 5.29. The SMILES string of the molecule is C[C@@H](Oc1ccc(C#N)cc1)C(=O)N(C)Cc1cn(-c2ccccc2)nc1-c1ccccc1. The van der Waals surface area contributed by atoms with Gasteiger partial charge in [-0.2, -0.15) is 10.4 Å². The molecule has 0 radical (unpaired) electrons. The van der Waals surface area contributed by atoms with Gasteiger partial charge in [-0.3, -0.25) is 4.79 Å². The van der Waals surface area contributed by atoms with Crippen LogP contribution >= 0.6 is 0 Å². The lowest BCUT2D eigenvalue weighted by Gasteiger charge is -2.22. The fourth-order valence-electron chi connectivity index (χ4n) is 3.58. The van der Waals surface area contributed by atoms with Crippen molar-refractivity contribution in [2.75, 3.05) is 7.05 Å². The second-order valence-corrected chi connectivity index (χ2v) is 7.74. The van der Waals surface area contributed by atoms with Crippen molar-refractivity contribution in [2.45, 2.75) is 19.6 Å². The molecule has 0 aliphatic carbocycles. The lowest BCUT2D eigenvalue weighted by atomic mass is 10.1. The molecular weight excluding hydrogens is 412 g/mol. The van der Waals surface area contributed by atoms with E-state index in [1.54, 1.807) is 43.1 Å². The van der Waals surface area contributed by atoms with Gasteiger partial charge >= 0.3 is 0 Å². The smallest absolute Gasteiger partial charge is 0.263 e. The number of amides is 1. The number of hydrogen-bond donors (Lipinski definition) is 0. The Hall–Kier alpha value is -4.37. The highest BCUT2D eigenvalue weighted by atomic mass is 16.5. The number of likely N-dealkylation sites (N-methyl/N-ethyl adjacent to an activating group) is 1. The van der Waals surface area contributed by atoms with E-state index in [2.05, 4.69) is 6.07 Å². The van der Waals surface area contributed by atoms with Crippen molar-refractivity contribution in [3.05, 3.63) is 102 Å². The van der Waals surface area contributed by atoms with Gasteiger partial charge in [-0.15, -0.1) is 0 Å². The van der Waals surface area contributed by atoms with Crippen molar-refractivity contribution < 1.29 is 9.53 Å². The van der Waals surface area contributed by atoms with Crippen LogP contribution in [0.5, 0.6) is 5.75 Å². The van der Waals surface area contributed by atoms with Gasteiger partial charge in [0.05, 0.1) is 23.0 Å². The summed E-state index contributed by atoms with van der Waals surface area (Å²) in [5.74, 6) is 0.399. The second kappa shape index (κ2) is 9.84. The average Bonchev–Trinajstić information content (AvgIpc) is 3.28. The van der Waals surface area contributed by atoms with E-state index in [-0.39, 0.29) is 5.91 Å². The summed E-state index contributed by atoms with van der Waals surface area (Å²) in [6, 6.07) is 28.6. The minimum absolute atomic E-state index is 0.147. The first kappa shape index (κ1) is 21.8. The normalized spacial score (nSPS) is 11.4. The van der Waals surface area contributed by atoms with Gasteiger partial charge in [0, 0.05) is 30.9 Å². The fourth-order valence-corrected chi connectivity index (χ4v) is 3.58. The Morgan fingerprint density at radius 1 is 1.03 bits per heavy atom. The van der Waals surface area contributed by atoms with Gasteiger partial charge in [0.1, 0.15) is 5.75 Å². The zero-order valence-electron chi connectivity index (χ0n) is 18.6. The number of ether oxygens (including phenoxy) is 1. The quantitative estimate of drug-likeness (QED) is 0.416. The summed E-state index contributed by atoms with van der Waals surface area (Å²) in [5, 5.41) is 13.7. The van der Waals surface area contributed by atoms with Crippen LogP contribution in [0.4, 0.5) is 0 Å². The molecule has 0 unspecified atom stereocenters. The summed E-state index contributed by atoms with van der Waals surface area (Å²) < 4.78 is 7.64. The first-order valence-electron chi connectivity index (χ1n) is 10.7. The van der Waals surface area contributed by atoms with Crippen LogP contribution in [0.1, 0.15) is 18.1 Å². The Kier molecular flexibility index (Phi) is 6.51. The minimum atomic E-state index is -0.674. The van der Waals surface area contributed by atoms with Crippen molar-refractivity contribution in [1.82, 2.24) is 14.7 Å². The molecule has 1 aromatic heterocycles. The number of carbonyl (C=O) groups is 1. The van der Waals surface area contributed by atoms with E-state index in [4.69, 9.17) is 15.1 Å². The number of rotatable bonds is 7. The predicted molar refractivity (Wildman–Crippen MR) is 127 cm³/mol. The van der Waals surface area contributed by atoms with Gasteiger partial charge < -0.3 is 9.64 Å². The minimum Gasteiger partial charge on any atom is -0.481 e. The van der Waals surface area contributed by atoms with Crippen LogP contribution in [0.2, 0.25) is 0 Å². The molecule has 1 atom stereocenters. The van der Waals surface area contributed by atoms with Crippen molar-refractivity contribution in [1.29, 1.82) is 5.26 Å². The Labute approximate surface area is 193 Å². The van der Waals surface area contributed by atoms with Gasteiger partial charge in [0.25, 0.3) is 5.91 Å². The maximum atomic E-state index is 13.0. The van der Waals surface area contributed by atoms with E-state index in [9.17, 15) is 4.79 Å². The standard InChI is InChI=1S/C27H24N4O2/c1-20(33-25-15-13-21(17-28)14-16-25)27(32)30(2)18-23-19-31(24-11-7-4-8-12-24)29-26(23)22-9-5-3-6-10-22/h3-16,19-20H,18H2,1-2H3/t20-/m1/s1. The van der Waals surface area contributed by atoms with Crippen molar-refractivity contribution in [3.63, 3.8) is 0 Å². The first-order valence-corrected chi connectivity index (χ1v) is 10.7. The highest BCUT2D eigenvalue weighted by Gasteiger charge is 2.22. The number of hydrogen-bond acceptors (Lipinski definition) is 4. The van der Waals surface area contributed by atoms with Crippen LogP contribution in [0.25, 0.3) is 16.9 Å². The number of benzene rings is 3. The van der Waals surface area contributed by atoms with Gasteiger partial charge in [0.15, 0.2) is 6.10 Å². The monoisotopic (exact) mass is 436 g/mol. The zero-order chi connectivity index (χ0) is 23.2. The summed E-state index contributed by atoms with van der Waals surface area (Å²) in [4.78, 5) is 14.7. The molecule has 6 nitrogen and oxygen atoms in total. The van der Waals surface area contributed by atoms with E-state index >= 15 is 0 Å². The summed E-state index contributed by atoms with van der Waals surface area (Å²) >= 11 is 0. The average molecular weight is 437 g/mol. The van der Waals surface area contributed by atoms with E-state index in [0.717, 1.165) is 22.5 Å².